The summed E-state index contributed by atoms with van der Waals surface area (Å²) in [6.07, 6.45) is 3.40. The maximum absolute atomic E-state index is 6.33. The van der Waals surface area contributed by atoms with Crippen molar-refractivity contribution >= 4 is 23.2 Å². The average molecular weight is 414 g/mol. The first-order valence-corrected chi connectivity index (χ1v) is 10.4. The molecule has 0 aliphatic carbocycles. The standard InChI is InChI=1S/C22H21Cl2N3O/c1-27-15-8-10-19(27)20(16(12-15)14-7-9-17(23)18(24)11-14)22-25-21(26-28-22)13-5-3-2-4-6-13/h2-7,9,11,15-16,19-20H,8,10,12H2,1H3/t15?,16-,19-,20-/m1/s1. The van der Waals surface area contributed by atoms with E-state index in [4.69, 9.17) is 32.7 Å². The van der Waals surface area contributed by atoms with Gasteiger partial charge in [-0.25, -0.2) is 0 Å². The van der Waals surface area contributed by atoms with Crippen LogP contribution in [-0.4, -0.2) is 34.2 Å². The van der Waals surface area contributed by atoms with Gasteiger partial charge >= 0.3 is 0 Å². The van der Waals surface area contributed by atoms with E-state index in [1.165, 1.54) is 12.0 Å². The lowest BCUT2D eigenvalue weighted by atomic mass is 9.76. The molecule has 4 atom stereocenters. The molecule has 1 unspecified atom stereocenters. The third kappa shape index (κ3) is 3.04. The van der Waals surface area contributed by atoms with Crippen LogP contribution < -0.4 is 0 Å². The molecular formula is C22H21Cl2N3O. The van der Waals surface area contributed by atoms with Crippen LogP contribution in [0.3, 0.4) is 0 Å². The zero-order valence-electron chi connectivity index (χ0n) is 15.6. The topological polar surface area (TPSA) is 42.2 Å². The van der Waals surface area contributed by atoms with Crippen LogP contribution in [0.5, 0.6) is 0 Å². The Hall–Kier alpha value is -1.88. The number of nitrogens with zero attached hydrogens (tertiary/aromatic N) is 3. The van der Waals surface area contributed by atoms with E-state index in [1.54, 1.807) is 0 Å². The van der Waals surface area contributed by atoms with Crippen molar-refractivity contribution in [3.8, 4) is 11.4 Å². The van der Waals surface area contributed by atoms with Gasteiger partial charge in [0, 0.05) is 17.6 Å². The first kappa shape index (κ1) is 18.2. The van der Waals surface area contributed by atoms with E-state index in [0.717, 1.165) is 18.4 Å². The van der Waals surface area contributed by atoms with Crippen molar-refractivity contribution in [1.29, 1.82) is 0 Å². The third-order valence-electron chi connectivity index (χ3n) is 6.40. The van der Waals surface area contributed by atoms with Crippen molar-refractivity contribution in [2.75, 3.05) is 7.05 Å². The number of rotatable bonds is 3. The first-order chi connectivity index (χ1) is 13.6. The van der Waals surface area contributed by atoms with Gasteiger partial charge < -0.3 is 4.52 Å². The number of hydrogen-bond donors (Lipinski definition) is 0. The van der Waals surface area contributed by atoms with Gasteiger partial charge in [0.15, 0.2) is 0 Å². The molecule has 2 bridgehead atoms. The van der Waals surface area contributed by atoms with Gasteiger partial charge in [0.2, 0.25) is 11.7 Å². The predicted octanol–water partition coefficient (Wildman–Crippen LogP) is 5.78. The molecule has 28 heavy (non-hydrogen) atoms. The van der Waals surface area contributed by atoms with E-state index >= 15 is 0 Å². The summed E-state index contributed by atoms with van der Waals surface area (Å²) in [5, 5.41) is 5.46. The van der Waals surface area contributed by atoms with Gasteiger partial charge in [-0.1, -0.05) is 64.8 Å². The molecule has 0 amide bonds. The Kier molecular flexibility index (Phi) is 4.66. The molecule has 2 saturated heterocycles. The van der Waals surface area contributed by atoms with Gasteiger partial charge in [-0.15, -0.1) is 0 Å². The maximum atomic E-state index is 6.33. The lowest BCUT2D eigenvalue weighted by Crippen LogP contribution is -2.44. The molecule has 2 fully saturated rings. The van der Waals surface area contributed by atoms with Crippen LogP contribution >= 0.6 is 23.2 Å². The molecule has 2 aliphatic heterocycles. The van der Waals surface area contributed by atoms with Crippen molar-refractivity contribution in [2.24, 2.45) is 0 Å². The second kappa shape index (κ2) is 7.18. The van der Waals surface area contributed by atoms with Gasteiger partial charge in [-0.2, -0.15) is 4.98 Å². The summed E-state index contributed by atoms with van der Waals surface area (Å²) in [4.78, 5) is 7.30. The molecule has 5 rings (SSSR count). The fourth-order valence-electron chi connectivity index (χ4n) is 4.96. The van der Waals surface area contributed by atoms with Gasteiger partial charge in [0.25, 0.3) is 0 Å². The highest BCUT2D eigenvalue weighted by Gasteiger charge is 2.49. The SMILES string of the molecule is CN1C2CC[C@@H]1[C@H](c1nc(-c3ccccc3)no1)[C@@H](c1ccc(Cl)c(Cl)c1)C2. The van der Waals surface area contributed by atoms with E-state index < -0.39 is 0 Å². The van der Waals surface area contributed by atoms with E-state index in [9.17, 15) is 0 Å². The molecule has 0 N–H and O–H groups in total. The third-order valence-corrected chi connectivity index (χ3v) is 7.14. The van der Waals surface area contributed by atoms with E-state index in [-0.39, 0.29) is 11.8 Å². The second-order valence-electron chi connectivity index (χ2n) is 7.83. The number of benzene rings is 2. The highest BCUT2D eigenvalue weighted by molar-refractivity contribution is 6.42. The number of fused-ring (bicyclic) bond motifs is 2. The Morgan fingerprint density at radius 1 is 1.04 bits per heavy atom. The van der Waals surface area contributed by atoms with Gasteiger partial charge in [0.1, 0.15) is 0 Å². The normalized spacial score (nSPS) is 27.2. The van der Waals surface area contributed by atoms with Crippen LogP contribution in [0, 0.1) is 0 Å². The van der Waals surface area contributed by atoms with Gasteiger partial charge in [-0.05, 0) is 49.9 Å². The van der Waals surface area contributed by atoms with Crippen LogP contribution in [0.2, 0.25) is 10.0 Å². The molecule has 0 saturated carbocycles. The Morgan fingerprint density at radius 2 is 1.86 bits per heavy atom. The lowest BCUT2D eigenvalue weighted by molar-refractivity contribution is 0.120. The van der Waals surface area contributed by atoms with Crippen LogP contribution in [0.4, 0.5) is 0 Å². The van der Waals surface area contributed by atoms with E-state index in [0.29, 0.717) is 33.8 Å². The zero-order chi connectivity index (χ0) is 19.3. The number of halogens is 2. The highest BCUT2D eigenvalue weighted by Crippen LogP contribution is 2.51. The molecule has 1 aromatic heterocycles. The minimum atomic E-state index is 0.144. The Bertz CT molecular complexity index is 990. The molecule has 0 radical (unpaired) electrons. The number of hydrogen-bond acceptors (Lipinski definition) is 4. The largest absolute Gasteiger partial charge is 0.339 e. The van der Waals surface area contributed by atoms with E-state index in [1.807, 2.05) is 42.5 Å². The van der Waals surface area contributed by atoms with Gasteiger partial charge in [-0.3, -0.25) is 4.90 Å². The second-order valence-corrected chi connectivity index (χ2v) is 8.64. The van der Waals surface area contributed by atoms with Crippen molar-refractivity contribution < 1.29 is 4.52 Å². The van der Waals surface area contributed by atoms with Crippen molar-refractivity contribution in [3.63, 3.8) is 0 Å². The summed E-state index contributed by atoms with van der Waals surface area (Å²) in [7, 11) is 2.22. The fourth-order valence-corrected chi connectivity index (χ4v) is 5.27. The summed E-state index contributed by atoms with van der Waals surface area (Å²) in [6, 6.07) is 16.9. The molecule has 4 nitrogen and oxygen atoms in total. The van der Waals surface area contributed by atoms with Crippen LogP contribution in [0.15, 0.2) is 53.1 Å². The number of likely N-dealkylation sites (N-methyl/N-ethyl adjacent to an activating group) is 1. The molecule has 144 valence electrons. The molecule has 2 aromatic carbocycles. The van der Waals surface area contributed by atoms with Crippen molar-refractivity contribution in [3.05, 3.63) is 70.0 Å². The average Bonchev–Trinajstić information content (AvgIpc) is 3.28. The lowest BCUT2D eigenvalue weighted by Gasteiger charge is -2.41. The van der Waals surface area contributed by atoms with Crippen LogP contribution in [0.1, 0.15) is 42.6 Å². The monoisotopic (exact) mass is 413 g/mol. The van der Waals surface area contributed by atoms with E-state index in [2.05, 4.69) is 23.2 Å². The zero-order valence-corrected chi connectivity index (χ0v) is 17.1. The molecule has 6 heteroatoms. The summed E-state index contributed by atoms with van der Waals surface area (Å²) in [6.45, 7) is 0. The summed E-state index contributed by atoms with van der Waals surface area (Å²) < 4.78 is 5.82. The minimum absolute atomic E-state index is 0.144. The first-order valence-electron chi connectivity index (χ1n) is 9.67. The summed E-state index contributed by atoms with van der Waals surface area (Å²) >= 11 is 12.5. The molecule has 2 aliphatic rings. The maximum Gasteiger partial charge on any atom is 0.232 e. The van der Waals surface area contributed by atoms with Crippen LogP contribution in [-0.2, 0) is 0 Å². The predicted molar refractivity (Wildman–Crippen MR) is 111 cm³/mol. The fraction of sp³-hybridized carbons (Fsp3) is 0.364. The van der Waals surface area contributed by atoms with Crippen molar-refractivity contribution in [2.45, 2.75) is 43.2 Å². The molecule has 3 heterocycles. The van der Waals surface area contributed by atoms with Crippen LogP contribution in [0.25, 0.3) is 11.4 Å². The molecule has 3 aromatic rings. The Morgan fingerprint density at radius 3 is 2.64 bits per heavy atom. The highest BCUT2D eigenvalue weighted by atomic mass is 35.5. The van der Waals surface area contributed by atoms with Gasteiger partial charge in [0.05, 0.1) is 16.0 Å². The molecule has 0 spiro atoms. The number of aromatic nitrogens is 2. The summed E-state index contributed by atoms with van der Waals surface area (Å²) in [5.41, 5.74) is 2.17. The Balaban J connectivity index is 1.55. The Labute approximate surface area is 174 Å². The number of piperidine rings is 1. The molecular weight excluding hydrogens is 393 g/mol. The smallest absolute Gasteiger partial charge is 0.232 e. The summed E-state index contributed by atoms with van der Waals surface area (Å²) in [5.74, 6) is 1.79. The van der Waals surface area contributed by atoms with Crippen molar-refractivity contribution in [1.82, 2.24) is 15.0 Å². The quantitative estimate of drug-likeness (QED) is 0.545. The minimum Gasteiger partial charge on any atom is -0.339 e.